The van der Waals surface area contributed by atoms with Gasteiger partial charge < -0.3 is 5.73 Å². The second-order valence-corrected chi connectivity index (χ2v) is 2.65. The van der Waals surface area contributed by atoms with Gasteiger partial charge in [0, 0.05) is 12.2 Å². The van der Waals surface area contributed by atoms with E-state index >= 15 is 0 Å². The van der Waals surface area contributed by atoms with Crippen LogP contribution in [-0.4, -0.2) is 4.98 Å². The molecule has 1 aromatic heterocycles. The molecule has 0 saturated carbocycles. The third-order valence-electron chi connectivity index (χ3n) is 1.67. The smallest absolute Gasteiger partial charge is 0.0570 e. The number of hydrogen-bond donors (Lipinski definition) is 1. The Hall–Kier alpha value is -0.890. The Morgan fingerprint density at radius 1 is 1.55 bits per heavy atom. The minimum Gasteiger partial charge on any atom is -0.323 e. The minimum absolute atomic E-state index is 0.112. The summed E-state index contributed by atoms with van der Waals surface area (Å²) in [6, 6.07) is 5.96. The highest BCUT2D eigenvalue weighted by Crippen LogP contribution is 2.11. The molecule has 0 aliphatic heterocycles. The predicted molar refractivity (Wildman–Crippen MR) is 46.1 cm³/mol. The van der Waals surface area contributed by atoms with Crippen LogP contribution in [0.5, 0.6) is 0 Å². The van der Waals surface area contributed by atoms with E-state index in [0.717, 1.165) is 18.5 Å². The van der Waals surface area contributed by atoms with Crippen molar-refractivity contribution in [2.75, 3.05) is 0 Å². The molecular weight excluding hydrogens is 136 g/mol. The SMILES string of the molecule is CCC[C@@H](N)c1ccccn1. The van der Waals surface area contributed by atoms with Crippen molar-refractivity contribution in [3.8, 4) is 0 Å². The van der Waals surface area contributed by atoms with Crippen molar-refractivity contribution in [2.45, 2.75) is 25.8 Å². The van der Waals surface area contributed by atoms with Crippen LogP contribution in [0.15, 0.2) is 24.4 Å². The molecule has 1 atom stereocenters. The zero-order chi connectivity index (χ0) is 8.10. The van der Waals surface area contributed by atoms with Gasteiger partial charge in [0.25, 0.3) is 0 Å². The Labute approximate surface area is 67.5 Å². The van der Waals surface area contributed by atoms with Crippen molar-refractivity contribution in [1.82, 2.24) is 4.98 Å². The molecule has 0 aromatic carbocycles. The van der Waals surface area contributed by atoms with Crippen LogP contribution in [0.25, 0.3) is 0 Å². The molecule has 0 amide bonds. The number of rotatable bonds is 3. The van der Waals surface area contributed by atoms with Gasteiger partial charge in [-0.25, -0.2) is 0 Å². The third kappa shape index (κ3) is 2.31. The highest BCUT2D eigenvalue weighted by Gasteiger charge is 2.03. The molecule has 2 heteroatoms. The van der Waals surface area contributed by atoms with Gasteiger partial charge >= 0.3 is 0 Å². The Morgan fingerprint density at radius 3 is 2.91 bits per heavy atom. The van der Waals surface area contributed by atoms with E-state index in [4.69, 9.17) is 5.73 Å². The summed E-state index contributed by atoms with van der Waals surface area (Å²) in [6.07, 6.45) is 3.90. The molecular formula is C9H14N2. The summed E-state index contributed by atoms with van der Waals surface area (Å²) in [5.41, 5.74) is 6.84. The zero-order valence-corrected chi connectivity index (χ0v) is 6.83. The summed E-state index contributed by atoms with van der Waals surface area (Å²) < 4.78 is 0. The first-order valence-corrected chi connectivity index (χ1v) is 4.01. The average molecular weight is 150 g/mol. The van der Waals surface area contributed by atoms with E-state index in [1.165, 1.54) is 0 Å². The lowest BCUT2D eigenvalue weighted by Gasteiger charge is -2.07. The molecule has 0 aliphatic carbocycles. The maximum atomic E-state index is 5.84. The van der Waals surface area contributed by atoms with Crippen LogP contribution in [0.4, 0.5) is 0 Å². The molecule has 0 bridgehead atoms. The molecule has 1 rings (SSSR count). The highest BCUT2D eigenvalue weighted by atomic mass is 14.8. The lowest BCUT2D eigenvalue weighted by atomic mass is 10.1. The first-order chi connectivity index (χ1) is 5.34. The van der Waals surface area contributed by atoms with Gasteiger partial charge in [0.05, 0.1) is 5.69 Å². The van der Waals surface area contributed by atoms with Crippen LogP contribution >= 0.6 is 0 Å². The van der Waals surface area contributed by atoms with Gasteiger partial charge in [0.2, 0.25) is 0 Å². The van der Waals surface area contributed by atoms with Crippen LogP contribution < -0.4 is 5.73 Å². The Kier molecular flexibility index (Phi) is 3.05. The molecule has 0 radical (unpaired) electrons. The van der Waals surface area contributed by atoms with Gasteiger partial charge in [0.15, 0.2) is 0 Å². The van der Waals surface area contributed by atoms with Crippen LogP contribution in [0.3, 0.4) is 0 Å². The molecule has 1 heterocycles. The van der Waals surface area contributed by atoms with Crippen LogP contribution in [0.2, 0.25) is 0 Å². The quantitative estimate of drug-likeness (QED) is 0.714. The van der Waals surface area contributed by atoms with Crippen molar-refractivity contribution >= 4 is 0 Å². The predicted octanol–water partition coefficient (Wildman–Crippen LogP) is 1.88. The van der Waals surface area contributed by atoms with Crippen LogP contribution in [0, 0.1) is 0 Å². The maximum absolute atomic E-state index is 5.84. The monoisotopic (exact) mass is 150 g/mol. The average Bonchev–Trinajstić information content (AvgIpc) is 2.07. The zero-order valence-electron chi connectivity index (χ0n) is 6.83. The van der Waals surface area contributed by atoms with E-state index in [1.54, 1.807) is 6.20 Å². The lowest BCUT2D eigenvalue weighted by Crippen LogP contribution is -2.10. The van der Waals surface area contributed by atoms with Crippen molar-refractivity contribution in [2.24, 2.45) is 5.73 Å². The largest absolute Gasteiger partial charge is 0.323 e. The molecule has 0 saturated heterocycles. The van der Waals surface area contributed by atoms with Crippen molar-refractivity contribution in [3.05, 3.63) is 30.1 Å². The van der Waals surface area contributed by atoms with E-state index in [2.05, 4.69) is 11.9 Å². The standard InChI is InChI=1S/C9H14N2/c1-2-5-8(10)9-6-3-4-7-11-9/h3-4,6-8H,2,5,10H2,1H3/t8-/m1/s1. The highest BCUT2D eigenvalue weighted by molar-refractivity contribution is 5.07. The lowest BCUT2D eigenvalue weighted by molar-refractivity contribution is 0.622. The van der Waals surface area contributed by atoms with Gasteiger partial charge in [-0.3, -0.25) is 4.98 Å². The molecule has 1 aromatic rings. The third-order valence-corrected chi connectivity index (χ3v) is 1.67. The number of pyridine rings is 1. The van der Waals surface area contributed by atoms with Crippen LogP contribution in [0.1, 0.15) is 31.5 Å². The van der Waals surface area contributed by atoms with Gasteiger partial charge in [0.1, 0.15) is 0 Å². The van der Waals surface area contributed by atoms with Gasteiger partial charge in [-0.05, 0) is 18.6 Å². The van der Waals surface area contributed by atoms with Crippen molar-refractivity contribution < 1.29 is 0 Å². The number of aromatic nitrogens is 1. The Balaban J connectivity index is 2.61. The topological polar surface area (TPSA) is 38.9 Å². The number of nitrogens with zero attached hydrogens (tertiary/aromatic N) is 1. The van der Waals surface area contributed by atoms with Crippen LogP contribution in [-0.2, 0) is 0 Å². The molecule has 60 valence electrons. The van der Waals surface area contributed by atoms with Gasteiger partial charge in [-0.2, -0.15) is 0 Å². The summed E-state index contributed by atoms with van der Waals surface area (Å²) in [5, 5.41) is 0. The summed E-state index contributed by atoms with van der Waals surface area (Å²) in [6.45, 7) is 2.13. The molecule has 11 heavy (non-hydrogen) atoms. The summed E-state index contributed by atoms with van der Waals surface area (Å²) in [5.74, 6) is 0. The van der Waals surface area contributed by atoms with E-state index in [1.807, 2.05) is 18.2 Å². The molecule has 0 aliphatic rings. The second-order valence-electron chi connectivity index (χ2n) is 2.65. The normalized spacial score (nSPS) is 12.9. The molecule has 0 spiro atoms. The fourth-order valence-corrected chi connectivity index (χ4v) is 1.05. The molecule has 0 fully saturated rings. The molecule has 0 unspecified atom stereocenters. The fraction of sp³-hybridized carbons (Fsp3) is 0.444. The van der Waals surface area contributed by atoms with Crippen molar-refractivity contribution in [3.63, 3.8) is 0 Å². The second kappa shape index (κ2) is 4.09. The van der Waals surface area contributed by atoms with E-state index in [9.17, 15) is 0 Å². The Morgan fingerprint density at radius 2 is 2.36 bits per heavy atom. The number of hydrogen-bond acceptors (Lipinski definition) is 2. The Bertz CT molecular complexity index is 196. The summed E-state index contributed by atoms with van der Waals surface area (Å²) in [4.78, 5) is 4.17. The van der Waals surface area contributed by atoms with E-state index in [-0.39, 0.29) is 6.04 Å². The minimum atomic E-state index is 0.112. The van der Waals surface area contributed by atoms with E-state index in [0.29, 0.717) is 0 Å². The first kappa shape index (κ1) is 8.21. The first-order valence-electron chi connectivity index (χ1n) is 4.01. The summed E-state index contributed by atoms with van der Waals surface area (Å²) in [7, 11) is 0. The molecule has 2 N–H and O–H groups in total. The molecule has 2 nitrogen and oxygen atoms in total. The fourth-order valence-electron chi connectivity index (χ4n) is 1.05. The van der Waals surface area contributed by atoms with Gasteiger partial charge in [-0.15, -0.1) is 0 Å². The van der Waals surface area contributed by atoms with Crippen molar-refractivity contribution in [1.29, 1.82) is 0 Å². The summed E-state index contributed by atoms with van der Waals surface area (Å²) >= 11 is 0. The van der Waals surface area contributed by atoms with Gasteiger partial charge in [-0.1, -0.05) is 19.4 Å². The number of nitrogens with two attached hydrogens (primary N) is 1. The van der Waals surface area contributed by atoms with E-state index < -0.39 is 0 Å². The maximum Gasteiger partial charge on any atom is 0.0570 e.